The number of carbonyl (C=O) groups excluding carboxylic acids is 1. The molecule has 3 aromatic rings. The number of aryl methyl sites for hydroxylation is 1. The predicted molar refractivity (Wildman–Crippen MR) is 94.5 cm³/mol. The molecule has 0 aliphatic carbocycles. The molecule has 0 saturated heterocycles. The van der Waals surface area contributed by atoms with Gasteiger partial charge in [-0.2, -0.15) is 0 Å². The first-order valence-corrected chi connectivity index (χ1v) is 7.82. The molecule has 0 fully saturated rings. The van der Waals surface area contributed by atoms with Gasteiger partial charge in [0.05, 0.1) is 11.8 Å². The highest BCUT2D eigenvalue weighted by Gasteiger charge is 2.22. The molecule has 0 aliphatic heterocycles. The zero-order chi connectivity index (χ0) is 18.4. The predicted octanol–water partition coefficient (Wildman–Crippen LogP) is 3.48. The summed E-state index contributed by atoms with van der Waals surface area (Å²) >= 11 is 0. The molecule has 4 nitrogen and oxygen atoms in total. The number of pyridine rings is 1. The molecule has 0 bridgehead atoms. The number of hydrogen-bond donors (Lipinski definition) is 2. The number of carbonyl (C=O) groups is 1. The molecule has 1 amide bonds. The van der Waals surface area contributed by atoms with Crippen molar-refractivity contribution in [3.05, 3.63) is 65.2 Å². The number of nitrogens with zero attached hydrogens (tertiary/aromatic N) is 1. The second-order valence-corrected chi connectivity index (χ2v) is 6.61. The molecule has 5 heteroatoms. The molecule has 0 unspecified atom stereocenters. The first-order valence-electron chi connectivity index (χ1n) is 7.82. The maximum Gasteiger partial charge on any atom is 0.267 e. The Bertz CT molecular complexity index is 991. The molecule has 1 heterocycles. The summed E-state index contributed by atoms with van der Waals surface area (Å²) in [5.41, 5.74) is 6.71. The number of halogens is 1. The van der Waals surface area contributed by atoms with Crippen molar-refractivity contribution in [1.82, 2.24) is 4.98 Å². The van der Waals surface area contributed by atoms with E-state index in [1.165, 1.54) is 6.07 Å². The third-order valence-electron chi connectivity index (χ3n) is 4.22. The Balaban J connectivity index is 2.22. The smallest absolute Gasteiger partial charge is 0.267 e. The molecular weight excluding hydrogens is 319 g/mol. The van der Waals surface area contributed by atoms with Gasteiger partial charge >= 0.3 is 0 Å². The number of primary amides is 1. The molecule has 3 rings (SSSR count). The van der Waals surface area contributed by atoms with Crippen molar-refractivity contribution in [3.63, 3.8) is 0 Å². The van der Waals surface area contributed by atoms with Gasteiger partial charge in [0.25, 0.3) is 5.91 Å². The lowest BCUT2D eigenvalue weighted by Crippen LogP contribution is -2.18. The minimum atomic E-state index is -1.27. The van der Waals surface area contributed by atoms with Crippen molar-refractivity contribution >= 4 is 16.7 Å². The molecule has 127 valence electrons. The molecule has 0 saturated carbocycles. The highest BCUT2D eigenvalue weighted by molar-refractivity contribution is 6.05. The molecule has 0 atom stereocenters. The summed E-state index contributed by atoms with van der Waals surface area (Å²) in [6.07, 6.45) is 2.65. The van der Waals surface area contributed by atoms with Crippen molar-refractivity contribution in [3.8, 4) is 11.1 Å². The maximum atomic E-state index is 14.5. The van der Waals surface area contributed by atoms with E-state index in [4.69, 9.17) is 5.73 Å². The van der Waals surface area contributed by atoms with Gasteiger partial charge in [0.1, 0.15) is 11.5 Å². The number of aromatic nitrogens is 1. The van der Waals surface area contributed by atoms with Crippen LogP contribution in [0.5, 0.6) is 0 Å². The number of aliphatic hydroxyl groups is 1. The van der Waals surface area contributed by atoms with Crippen LogP contribution in [0, 0.1) is 18.9 Å². The van der Waals surface area contributed by atoms with Crippen molar-refractivity contribution in [2.75, 3.05) is 0 Å². The van der Waals surface area contributed by atoms with Gasteiger partial charge < -0.3 is 10.8 Å². The first kappa shape index (κ1) is 17.0. The Hall–Kier alpha value is -2.79. The zero-order valence-corrected chi connectivity index (χ0v) is 14.2. The molecule has 0 aliphatic rings. The zero-order valence-electron chi connectivity index (χ0n) is 14.2. The van der Waals surface area contributed by atoms with Crippen LogP contribution in [0.15, 0.2) is 36.4 Å². The Morgan fingerprint density at radius 3 is 2.64 bits per heavy atom. The van der Waals surface area contributed by atoms with Gasteiger partial charge in [-0.15, -0.1) is 0 Å². The minimum Gasteiger partial charge on any atom is -0.386 e. The van der Waals surface area contributed by atoms with Gasteiger partial charge in [0.15, 0.2) is 0 Å². The Morgan fingerprint density at radius 2 is 2.00 bits per heavy atom. The summed E-state index contributed by atoms with van der Waals surface area (Å²) in [5, 5.41) is 11.5. The highest BCUT2D eigenvalue weighted by atomic mass is 19.1. The second kappa shape index (κ2) is 5.93. The van der Waals surface area contributed by atoms with E-state index in [0.29, 0.717) is 10.9 Å². The minimum absolute atomic E-state index is 0.130. The Morgan fingerprint density at radius 1 is 1.28 bits per heavy atom. The molecule has 1 radical (unpaired) electrons. The molecular formula is C20H18FN2O2. The maximum absolute atomic E-state index is 14.5. The quantitative estimate of drug-likeness (QED) is 0.768. The van der Waals surface area contributed by atoms with Gasteiger partial charge in [0.2, 0.25) is 0 Å². The van der Waals surface area contributed by atoms with Crippen LogP contribution >= 0.6 is 0 Å². The van der Waals surface area contributed by atoms with E-state index in [0.717, 1.165) is 16.5 Å². The fourth-order valence-corrected chi connectivity index (χ4v) is 2.93. The fraction of sp³-hybridized carbons (Fsp3) is 0.200. The monoisotopic (exact) mass is 337 g/mol. The van der Waals surface area contributed by atoms with Crippen LogP contribution in [0.1, 0.15) is 35.5 Å². The molecule has 0 spiro atoms. The van der Waals surface area contributed by atoms with Crippen molar-refractivity contribution < 1.29 is 14.3 Å². The third kappa shape index (κ3) is 3.10. The molecule has 1 aromatic heterocycles. The van der Waals surface area contributed by atoms with Crippen molar-refractivity contribution in [1.29, 1.82) is 0 Å². The second-order valence-electron chi connectivity index (χ2n) is 6.61. The molecule has 3 N–H and O–H groups in total. The van der Waals surface area contributed by atoms with E-state index in [1.54, 1.807) is 32.0 Å². The van der Waals surface area contributed by atoms with Crippen LogP contribution < -0.4 is 5.73 Å². The summed E-state index contributed by atoms with van der Waals surface area (Å²) in [6, 6.07) is 10.1. The van der Waals surface area contributed by atoms with Crippen LogP contribution in [-0.2, 0) is 5.60 Å². The lowest BCUT2D eigenvalue weighted by atomic mass is 9.90. The Kier molecular flexibility index (Phi) is 4.05. The third-order valence-corrected chi connectivity index (χ3v) is 4.22. The van der Waals surface area contributed by atoms with E-state index in [1.807, 2.05) is 19.1 Å². The van der Waals surface area contributed by atoms with Crippen molar-refractivity contribution in [2.45, 2.75) is 26.4 Å². The summed E-state index contributed by atoms with van der Waals surface area (Å²) < 4.78 is 14.5. The largest absolute Gasteiger partial charge is 0.386 e. The molecule has 2 aromatic carbocycles. The summed E-state index contributed by atoms with van der Waals surface area (Å²) in [6.45, 7) is 4.93. The molecule has 25 heavy (non-hydrogen) atoms. The van der Waals surface area contributed by atoms with E-state index < -0.39 is 17.3 Å². The summed E-state index contributed by atoms with van der Waals surface area (Å²) in [5.74, 6) is -1.12. The van der Waals surface area contributed by atoms with E-state index in [2.05, 4.69) is 11.2 Å². The number of amides is 1. The normalized spacial score (nSPS) is 11.7. The van der Waals surface area contributed by atoms with Crippen LogP contribution in [0.3, 0.4) is 0 Å². The van der Waals surface area contributed by atoms with E-state index in [-0.39, 0.29) is 11.3 Å². The number of rotatable bonds is 3. The average molecular weight is 337 g/mol. The van der Waals surface area contributed by atoms with Gasteiger partial charge in [-0.05, 0) is 67.1 Å². The van der Waals surface area contributed by atoms with Crippen molar-refractivity contribution in [2.24, 2.45) is 5.73 Å². The number of fused-ring (bicyclic) bond motifs is 1. The first-order chi connectivity index (χ1) is 11.7. The topological polar surface area (TPSA) is 76.2 Å². The van der Waals surface area contributed by atoms with Gasteiger partial charge in [-0.3, -0.25) is 4.79 Å². The number of nitrogens with two attached hydrogens (primary N) is 1. The lowest BCUT2D eigenvalue weighted by Gasteiger charge is -2.20. The van der Waals surface area contributed by atoms with Gasteiger partial charge in [0, 0.05) is 10.9 Å². The van der Waals surface area contributed by atoms with Crippen LogP contribution in [0.4, 0.5) is 4.39 Å². The van der Waals surface area contributed by atoms with Crippen LogP contribution in [0.25, 0.3) is 21.9 Å². The van der Waals surface area contributed by atoms with Crippen LogP contribution in [-0.4, -0.2) is 16.0 Å². The Labute approximate surface area is 145 Å². The highest BCUT2D eigenvalue weighted by Crippen LogP contribution is 2.32. The summed E-state index contributed by atoms with van der Waals surface area (Å²) in [4.78, 5) is 15.5. The van der Waals surface area contributed by atoms with E-state index in [9.17, 15) is 14.3 Å². The van der Waals surface area contributed by atoms with Crippen LogP contribution in [0.2, 0.25) is 0 Å². The van der Waals surface area contributed by atoms with E-state index >= 15 is 0 Å². The summed E-state index contributed by atoms with van der Waals surface area (Å²) in [7, 11) is 0. The fourth-order valence-electron chi connectivity index (χ4n) is 2.93. The van der Waals surface area contributed by atoms with Gasteiger partial charge in [-0.25, -0.2) is 9.37 Å². The lowest BCUT2D eigenvalue weighted by molar-refractivity contribution is 0.0745. The SMILES string of the molecule is Cc1cc(C(C)(C)O)c(F)cc1-c1ccc2c[c]nc(C(N)=O)c2c1. The average Bonchev–Trinajstić information content (AvgIpc) is 2.54. The van der Waals surface area contributed by atoms with Gasteiger partial charge in [-0.1, -0.05) is 12.1 Å². The standard InChI is InChI=1S/C20H18FN2O2/c1-11-8-16(20(2,3)25)17(21)10-14(11)13-5-4-12-6-7-23-18(19(22)24)15(12)9-13/h4-6,8-10,25H,1-3H3,(H2,22,24). The number of hydrogen-bond acceptors (Lipinski definition) is 3. The number of benzene rings is 2.